The molecule has 2 aromatic rings. The molecule has 21 heavy (non-hydrogen) atoms. The Kier molecular flexibility index (Phi) is 5.47. The van der Waals surface area contributed by atoms with Crippen LogP contribution in [0.2, 0.25) is 10.0 Å². The van der Waals surface area contributed by atoms with Crippen molar-refractivity contribution < 1.29 is 4.74 Å². The smallest absolute Gasteiger partial charge is 0.152 e. The summed E-state index contributed by atoms with van der Waals surface area (Å²) in [5, 5.41) is 1.07. The first-order valence-electron chi connectivity index (χ1n) is 6.43. The second kappa shape index (κ2) is 7.33. The number of ether oxygens (including phenoxy) is 1. The van der Waals surface area contributed by atoms with Gasteiger partial charge in [0.1, 0.15) is 22.9 Å². The van der Waals surface area contributed by atoms with Gasteiger partial charge in [-0.15, -0.1) is 0 Å². The van der Waals surface area contributed by atoms with Crippen molar-refractivity contribution in [2.24, 2.45) is 0 Å². The van der Waals surface area contributed by atoms with E-state index in [0.717, 1.165) is 18.7 Å². The number of hydrogen-bond donors (Lipinski definition) is 1. The molecule has 0 aliphatic carbocycles. The molecule has 2 rings (SSSR count). The molecule has 0 amide bonds. The number of aromatic nitrogens is 2. The molecule has 0 aliphatic heterocycles. The predicted molar refractivity (Wildman–Crippen MR) is 86.3 cm³/mol. The lowest BCUT2D eigenvalue weighted by Crippen LogP contribution is -2.22. The third-order valence-corrected chi connectivity index (χ3v) is 3.49. The fourth-order valence-corrected chi connectivity index (χ4v) is 2.14. The topological polar surface area (TPSA) is 64.3 Å². The van der Waals surface area contributed by atoms with E-state index in [9.17, 15) is 0 Å². The van der Waals surface area contributed by atoms with E-state index < -0.39 is 0 Å². The van der Waals surface area contributed by atoms with Gasteiger partial charge in [-0.2, -0.15) is 0 Å². The molecule has 0 atom stereocenters. The summed E-state index contributed by atoms with van der Waals surface area (Å²) in [6, 6.07) is 7.28. The van der Waals surface area contributed by atoms with Crippen LogP contribution in [0.25, 0.3) is 0 Å². The molecule has 0 saturated carbocycles. The zero-order valence-electron chi connectivity index (χ0n) is 11.6. The Balaban J connectivity index is 1.80. The first kappa shape index (κ1) is 15.7. The number of rotatable bonds is 6. The molecule has 112 valence electrons. The Hall–Kier alpha value is -1.72. The maximum atomic E-state index is 6.08. The average Bonchev–Trinajstić information content (AvgIpc) is 2.48. The summed E-state index contributed by atoms with van der Waals surface area (Å²) in [6.07, 6.45) is 2.22. The van der Waals surface area contributed by atoms with Crippen LogP contribution < -0.4 is 15.4 Å². The Morgan fingerprint density at radius 1 is 1.19 bits per heavy atom. The summed E-state index contributed by atoms with van der Waals surface area (Å²) in [4.78, 5) is 9.89. The molecule has 0 aliphatic rings. The molecule has 7 heteroatoms. The van der Waals surface area contributed by atoms with Gasteiger partial charge in [0, 0.05) is 18.6 Å². The lowest BCUT2D eigenvalue weighted by atomic mass is 10.3. The molecule has 1 aromatic carbocycles. The van der Waals surface area contributed by atoms with E-state index in [4.69, 9.17) is 33.7 Å². The molecular formula is C14H16Cl2N4O. The largest absolute Gasteiger partial charge is 0.494 e. The maximum absolute atomic E-state index is 6.08. The van der Waals surface area contributed by atoms with E-state index in [-0.39, 0.29) is 5.82 Å². The molecule has 2 N–H and O–H groups in total. The predicted octanol–water partition coefficient (Wildman–Crippen LogP) is 3.27. The van der Waals surface area contributed by atoms with Crippen LogP contribution in [0.5, 0.6) is 5.75 Å². The molecule has 0 fully saturated rings. The SMILES string of the molecule is CN(CCCOc1ccc(Cl)cc1)c1ncnc(N)c1Cl. The highest BCUT2D eigenvalue weighted by Crippen LogP contribution is 2.26. The Labute approximate surface area is 133 Å². The quantitative estimate of drug-likeness (QED) is 0.825. The zero-order valence-corrected chi connectivity index (χ0v) is 13.1. The molecular weight excluding hydrogens is 311 g/mol. The van der Waals surface area contributed by atoms with Crippen molar-refractivity contribution in [3.05, 3.63) is 40.6 Å². The molecule has 5 nitrogen and oxygen atoms in total. The summed E-state index contributed by atoms with van der Waals surface area (Å²) < 4.78 is 5.63. The number of halogens is 2. The van der Waals surface area contributed by atoms with E-state index in [1.807, 2.05) is 24.1 Å². The van der Waals surface area contributed by atoms with Crippen LogP contribution in [0.1, 0.15) is 6.42 Å². The Bertz CT molecular complexity index is 592. The van der Waals surface area contributed by atoms with Gasteiger partial charge in [0.2, 0.25) is 0 Å². The number of nitrogens with zero attached hydrogens (tertiary/aromatic N) is 3. The van der Waals surface area contributed by atoms with Crippen LogP contribution in [0.4, 0.5) is 11.6 Å². The highest BCUT2D eigenvalue weighted by molar-refractivity contribution is 6.35. The van der Waals surface area contributed by atoms with Gasteiger partial charge < -0.3 is 15.4 Å². The van der Waals surface area contributed by atoms with E-state index in [0.29, 0.717) is 22.5 Å². The van der Waals surface area contributed by atoms with Crippen molar-refractivity contribution in [1.82, 2.24) is 9.97 Å². The van der Waals surface area contributed by atoms with Crippen molar-refractivity contribution in [3.63, 3.8) is 0 Å². The number of anilines is 2. The van der Waals surface area contributed by atoms with Gasteiger partial charge in [0.15, 0.2) is 5.82 Å². The number of nitrogens with two attached hydrogens (primary N) is 1. The first-order valence-corrected chi connectivity index (χ1v) is 7.19. The summed E-state index contributed by atoms with van der Waals surface area (Å²) in [5.74, 6) is 1.70. The lowest BCUT2D eigenvalue weighted by Gasteiger charge is -2.19. The van der Waals surface area contributed by atoms with Gasteiger partial charge in [-0.3, -0.25) is 0 Å². The fraction of sp³-hybridized carbons (Fsp3) is 0.286. The van der Waals surface area contributed by atoms with Crippen LogP contribution in [-0.4, -0.2) is 30.2 Å². The van der Waals surface area contributed by atoms with Gasteiger partial charge in [-0.05, 0) is 30.7 Å². The summed E-state index contributed by atoms with van der Waals surface area (Å²) in [5.41, 5.74) is 5.66. The van der Waals surface area contributed by atoms with Gasteiger partial charge >= 0.3 is 0 Å². The maximum Gasteiger partial charge on any atom is 0.152 e. The van der Waals surface area contributed by atoms with E-state index in [2.05, 4.69) is 9.97 Å². The first-order chi connectivity index (χ1) is 10.1. The second-order valence-corrected chi connectivity index (χ2v) is 5.29. The summed E-state index contributed by atoms with van der Waals surface area (Å²) in [7, 11) is 1.90. The average molecular weight is 327 g/mol. The van der Waals surface area contributed by atoms with Crippen molar-refractivity contribution in [2.75, 3.05) is 30.8 Å². The van der Waals surface area contributed by atoms with Crippen molar-refractivity contribution in [2.45, 2.75) is 6.42 Å². The normalized spacial score (nSPS) is 10.4. The summed E-state index contributed by atoms with van der Waals surface area (Å²) >= 11 is 11.9. The van der Waals surface area contributed by atoms with Crippen molar-refractivity contribution >= 4 is 34.8 Å². The number of benzene rings is 1. The third kappa shape index (κ3) is 4.37. The fourth-order valence-electron chi connectivity index (χ4n) is 1.77. The molecule has 0 bridgehead atoms. The van der Waals surface area contributed by atoms with Crippen LogP contribution in [0.3, 0.4) is 0 Å². The van der Waals surface area contributed by atoms with E-state index >= 15 is 0 Å². The monoisotopic (exact) mass is 326 g/mol. The van der Waals surface area contributed by atoms with Crippen LogP contribution in [0.15, 0.2) is 30.6 Å². The van der Waals surface area contributed by atoms with Crippen LogP contribution >= 0.6 is 23.2 Å². The number of nitrogen functional groups attached to an aromatic ring is 1. The second-order valence-electron chi connectivity index (χ2n) is 4.47. The minimum Gasteiger partial charge on any atom is -0.494 e. The Morgan fingerprint density at radius 2 is 1.90 bits per heavy atom. The van der Waals surface area contributed by atoms with Crippen molar-refractivity contribution in [1.29, 1.82) is 0 Å². The number of hydrogen-bond acceptors (Lipinski definition) is 5. The van der Waals surface area contributed by atoms with Crippen molar-refractivity contribution in [3.8, 4) is 5.75 Å². The van der Waals surface area contributed by atoms with E-state index in [1.54, 1.807) is 12.1 Å². The highest BCUT2D eigenvalue weighted by Gasteiger charge is 2.10. The van der Waals surface area contributed by atoms with Gasteiger partial charge in [0.25, 0.3) is 0 Å². The Morgan fingerprint density at radius 3 is 2.62 bits per heavy atom. The standard InChI is InChI=1S/C14H16Cl2N4O/c1-20(14-12(16)13(17)18-9-19-14)7-2-8-21-11-5-3-10(15)4-6-11/h3-6,9H,2,7-8H2,1H3,(H2,17,18,19). The van der Waals surface area contributed by atoms with E-state index in [1.165, 1.54) is 6.33 Å². The van der Waals surface area contributed by atoms with Crippen LogP contribution in [0, 0.1) is 0 Å². The summed E-state index contributed by atoms with van der Waals surface area (Å²) in [6.45, 7) is 1.33. The molecule has 0 spiro atoms. The lowest BCUT2D eigenvalue weighted by molar-refractivity contribution is 0.312. The molecule has 0 unspecified atom stereocenters. The minimum atomic E-state index is 0.283. The van der Waals surface area contributed by atoms with Gasteiger partial charge in [0.05, 0.1) is 6.61 Å². The zero-order chi connectivity index (χ0) is 15.2. The van der Waals surface area contributed by atoms with Gasteiger partial charge in [-0.1, -0.05) is 23.2 Å². The molecule has 0 saturated heterocycles. The third-order valence-electron chi connectivity index (χ3n) is 2.88. The van der Waals surface area contributed by atoms with Crippen LogP contribution in [-0.2, 0) is 0 Å². The molecule has 1 heterocycles. The van der Waals surface area contributed by atoms with Gasteiger partial charge in [-0.25, -0.2) is 9.97 Å². The molecule has 0 radical (unpaired) electrons. The minimum absolute atomic E-state index is 0.283. The molecule has 1 aromatic heterocycles. The highest BCUT2D eigenvalue weighted by atomic mass is 35.5.